The summed E-state index contributed by atoms with van der Waals surface area (Å²) in [4.78, 5) is 41.6. The quantitative estimate of drug-likeness (QED) is 0.374. The van der Waals surface area contributed by atoms with Crippen molar-refractivity contribution >= 4 is 34.9 Å². The van der Waals surface area contributed by atoms with Gasteiger partial charge in [0.1, 0.15) is 0 Å². The summed E-state index contributed by atoms with van der Waals surface area (Å²) in [6.45, 7) is 0. The van der Waals surface area contributed by atoms with Crippen molar-refractivity contribution in [1.82, 2.24) is 20.4 Å². The van der Waals surface area contributed by atoms with Gasteiger partial charge in [-0.05, 0) is 104 Å². The van der Waals surface area contributed by atoms with E-state index >= 15 is 0 Å². The van der Waals surface area contributed by atoms with E-state index in [1.165, 1.54) is 23.8 Å². The first-order chi connectivity index (χ1) is 16.9. The standard InChI is InChI=1S/C27H28N4O3S/c32-23(15-27-12-16-8-17(13-27)10-18(9-16)14-27)29-30-24(33)19-6-7-21-22(11-19)28-26(35)31(25(21)34)20-4-2-1-3-5-20/h1-7,11,16-18H,8-10,12-15H2,(H,28,35)(H,29,32)(H,30,33). The number of para-hydroxylation sites is 1. The zero-order valence-electron chi connectivity index (χ0n) is 19.4. The average Bonchev–Trinajstić information content (AvgIpc) is 2.81. The third-order valence-corrected chi connectivity index (χ3v) is 8.48. The van der Waals surface area contributed by atoms with Gasteiger partial charge in [0.25, 0.3) is 11.5 Å². The van der Waals surface area contributed by atoms with Gasteiger partial charge in [0, 0.05) is 12.0 Å². The fourth-order valence-corrected chi connectivity index (χ4v) is 7.56. The normalized spacial score (nSPS) is 26.6. The predicted octanol–water partition coefficient (Wildman–Crippen LogP) is 4.42. The number of aromatic nitrogens is 2. The highest BCUT2D eigenvalue weighted by molar-refractivity contribution is 7.71. The van der Waals surface area contributed by atoms with Gasteiger partial charge in [-0.25, -0.2) is 0 Å². The molecule has 4 saturated carbocycles. The third-order valence-electron chi connectivity index (χ3n) is 8.19. The molecule has 0 spiro atoms. The maximum Gasteiger partial charge on any atom is 0.269 e. The molecule has 35 heavy (non-hydrogen) atoms. The molecule has 7 rings (SSSR count). The van der Waals surface area contributed by atoms with E-state index in [1.54, 1.807) is 18.2 Å². The number of hydrogen-bond donors (Lipinski definition) is 3. The number of nitrogens with one attached hydrogen (secondary N) is 3. The number of carbonyl (C=O) groups is 2. The summed E-state index contributed by atoms with van der Waals surface area (Å²) in [7, 11) is 0. The van der Waals surface area contributed by atoms with E-state index in [0.717, 1.165) is 37.0 Å². The number of carbonyl (C=O) groups excluding carboxylic acids is 2. The van der Waals surface area contributed by atoms with Crippen LogP contribution < -0.4 is 16.4 Å². The lowest BCUT2D eigenvalue weighted by Gasteiger charge is -2.56. The molecular formula is C27H28N4O3S. The molecule has 3 aromatic rings. The molecule has 0 aliphatic heterocycles. The number of benzene rings is 2. The molecule has 180 valence electrons. The van der Waals surface area contributed by atoms with Gasteiger partial charge in [-0.1, -0.05) is 18.2 Å². The molecule has 4 aliphatic rings. The lowest BCUT2D eigenvalue weighted by Crippen LogP contribution is -2.50. The number of aromatic amines is 1. The van der Waals surface area contributed by atoms with Crippen molar-refractivity contribution in [2.24, 2.45) is 23.2 Å². The first kappa shape index (κ1) is 22.2. The minimum atomic E-state index is -0.433. The van der Waals surface area contributed by atoms with Gasteiger partial charge >= 0.3 is 0 Å². The fourth-order valence-electron chi connectivity index (χ4n) is 7.26. The molecule has 2 aromatic carbocycles. The second-order valence-corrected chi connectivity index (χ2v) is 11.1. The number of fused-ring (bicyclic) bond motifs is 1. The van der Waals surface area contributed by atoms with E-state index in [4.69, 9.17) is 12.2 Å². The Labute approximate surface area is 207 Å². The van der Waals surface area contributed by atoms with E-state index in [9.17, 15) is 14.4 Å². The molecule has 0 atom stereocenters. The van der Waals surface area contributed by atoms with Crippen LogP contribution in [0.15, 0.2) is 53.3 Å². The summed E-state index contributed by atoms with van der Waals surface area (Å²) in [6, 6.07) is 13.9. The zero-order chi connectivity index (χ0) is 24.2. The summed E-state index contributed by atoms with van der Waals surface area (Å²) in [5, 5.41) is 0.421. The van der Waals surface area contributed by atoms with E-state index in [-0.39, 0.29) is 21.7 Å². The van der Waals surface area contributed by atoms with Crippen LogP contribution in [0.1, 0.15) is 55.3 Å². The number of hydrogen-bond acceptors (Lipinski definition) is 4. The van der Waals surface area contributed by atoms with Gasteiger partial charge in [-0.15, -0.1) is 0 Å². The van der Waals surface area contributed by atoms with E-state index in [0.29, 0.717) is 28.6 Å². The zero-order valence-corrected chi connectivity index (χ0v) is 20.2. The van der Waals surface area contributed by atoms with Crippen molar-refractivity contribution in [3.63, 3.8) is 0 Å². The lowest BCUT2D eigenvalue weighted by atomic mass is 9.49. The first-order valence-corrected chi connectivity index (χ1v) is 12.7. The van der Waals surface area contributed by atoms with Gasteiger partial charge in [0.2, 0.25) is 5.91 Å². The van der Waals surface area contributed by atoms with Crippen molar-refractivity contribution in [3.05, 3.63) is 69.2 Å². The molecule has 4 bridgehead atoms. The van der Waals surface area contributed by atoms with Crippen LogP contribution in [0.5, 0.6) is 0 Å². The molecule has 3 N–H and O–H groups in total. The molecule has 2 amide bonds. The Balaban J connectivity index is 1.16. The van der Waals surface area contributed by atoms with Crippen molar-refractivity contribution in [1.29, 1.82) is 0 Å². The number of rotatable bonds is 4. The molecule has 4 fully saturated rings. The monoisotopic (exact) mass is 488 g/mol. The molecule has 0 unspecified atom stereocenters. The topological polar surface area (TPSA) is 96.0 Å². The highest BCUT2D eigenvalue weighted by Crippen LogP contribution is 2.61. The third kappa shape index (κ3) is 4.10. The smallest absolute Gasteiger partial charge is 0.269 e. The van der Waals surface area contributed by atoms with E-state index in [2.05, 4.69) is 15.8 Å². The Morgan fingerprint density at radius 2 is 1.63 bits per heavy atom. The maximum atomic E-state index is 13.1. The molecule has 8 heteroatoms. The summed E-state index contributed by atoms with van der Waals surface area (Å²) in [5.41, 5.74) is 6.50. The van der Waals surface area contributed by atoms with Crippen LogP contribution in [0.3, 0.4) is 0 Å². The average molecular weight is 489 g/mol. The predicted molar refractivity (Wildman–Crippen MR) is 136 cm³/mol. The number of H-pyrrole nitrogens is 1. The van der Waals surface area contributed by atoms with E-state index in [1.807, 2.05) is 30.3 Å². The van der Waals surface area contributed by atoms with Crippen LogP contribution in [-0.2, 0) is 4.79 Å². The molecule has 0 radical (unpaired) electrons. The first-order valence-electron chi connectivity index (χ1n) is 12.3. The van der Waals surface area contributed by atoms with Gasteiger partial charge in [0.15, 0.2) is 4.77 Å². The lowest BCUT2D eigenvalue weighted by molar-refractivity contribution is -0.130. The Hall–Kier alpha value is -3.26. The summed E-state index contributed by atoms with van der Waals surface area (Å²) in [6.07, 6.45) is 7.90. The molecule has 4 aliphatic carbocycles. The highest BCUT2D eigenvalue weighted by Gasteiger charge is 2.51. The van der Waals surface area contributed by atoms with Crippen molar-refractivity contribution < 1.29 is 9.59 Å². The summed E-state index contributed by atoms with van der Waals surface area (Å²) in [5.74, 6) is 1.76. The Kier molecular flexibility index (Phi) is 5.36. The van der Waals surface area contributed by atoms with Crippen molar-refractivity contribution in [3.8, 4) is 5.69 Å². The second kappa shape index (κ2) is 8.45. The molecule has 7 nitrogen and oxygen atoms in total. The van der Waals surface area contributed by atoms with Crippen LogP contribution in [0.2, 0.25) is 0 Å². The van der Waals surface area contributed by atoms with Crippen molar-refractivity contribution in [2.45, 2.75) is 44.9 Å². The number of hydrazine groups is 1. The SMILES string of the molecule is O=C(CC12CC3CC(CC(C3)C1)C2)NNC(=O)c1ccc2c(=O)n(-c3ccccc3)c(=S)[nH]c2c1. The van der Waals surface area contributed by atoms with Gasteiger partial charge < -0.3 is 4.98 Å². The van der Waals surface area contributed by atoms with Gasteiger partial charge in [-0.2, -0.15) is 0 Å². The maximum absolute atomic E-state index is 13.1. The number of amides is 2. The molecule has 1 aromatic heterocycles. The Morgan fingerprint density at radius 3 is 2.29 bits per heavy atom. The molecular weight excluding hydrogens is 460 g/mol. The summed E-state index contributed by atoms with van der Waals surface area (Å²) < 4.78 is 1.68. The molecule has 1 heterocycles. The van der Waals surface area contributed by atoms with Crippen LogP contribution in [0.25, 0.3) is 16.6 Å². The van der Waals surface area contributed by atoms with Crippen LogP contribution in [-0.4, -0.2) is 21.4 Å². The van der Waals surface area contributed by atoms with Crippen LogP contribution in [0.4, 0.5) is 0 Å². The largest absolute Gasteiger partial charge is 0.331 e. The van der Waals surface area contributed by atoms with E-state index < -0.39 is 5.91 Å². The summed E-state index contributed by atoms with van der Waals surface area (Å²) >= 11 is 5.42. The molecule has 0 saturated heterocycles. The van der Waals surface area contributed by atoms with Crippen LogP contribution in [0, 0.1) is 27.9 Å². The Bertz CT molecular complexity index is 1410. The van der Waals surface area contributed by atoms with Gasteiger partial charge in [0.05, 0.1) is 16.6 Å². The second-order valence-electron chi connectivity index (χ2n) is 10.8. The van der Waals surface area contributed by atoms with Crippen LogP contribution >= 0.6 is 12.2 Å². The highest BCUT2D eigenvalue weighted by atomic mass is 32.1. The Morgan fingerprint density at radius 1 is 0.971 bits per heavy atom. The minimum absolute atomic E-state index is 0.111. The fraction of sp³-hybridized carbons (Fsp3) is 0.407. The number of nitrogens with zero attached hydrogens (tertiary/aromatic N) is 1. The minimum Gasteiger partial charge on any atom is -0.331 e. The van der Waals surface area contributed by atoms with Gasteiger partial charge in [-0.3, -0.25) is 29.8 Å². The van der Waals surface area contributed by atoms with Crippen molar-refractivity contribution in [2.75, 3.05) is 0 Å².